The Labute approximate surface area is 183 Å². The normalized spacial score (nSPS) is 16.7. The van der Waals surface area contributed by atoms with Crippen LogP contribution in [-0.2, 0) is 11.3 Å². The average molecular weight is 425 g/mol. The maximum atomic E-state index is 12.3. The molecule has 0 bridgehead atoms. The molecule has 166 valence electrons. The van der Waals surface area contributed by atoms with E-state index in [1.54, 1.807) is 4.90 Å². The lowest BCUT2D eigenvalue weighted by molar-refractivity contribution is 0.00950. The number of fused-ring (bicyclic) bond motifs is 3. The molecule has 1 aliphatic rings. The second kappa shape index (κ2) is 8.40. The number of benzene rings is 2. The first kappa shape index (κ1) is 21.5. The van der Waals surface area contributed by atoms with E-state index in [1.807, 2.05) is 51.1 Å². The van der Waals surface area contributed by atoms with E-state index in [9.17, 15) is 9.90 Å². The van der Waals surface area contributed by atoms with Crippen molar-refractivity contribution in [2.75, 3.05) is 38.5 Å². The molecule has 3 N–H and O–H groups in total. The van der Waals surface area contributed by atoms with Gasteiger partial charge in [0.05, 0.1) is 12.6 Å². The predicted molar refractivity (Wildman–Crippen MR) is 124 cm³/mol. The third-order valence-electron chi connectivity index (χ3n) is 5.68. The molecule has 0 radical (unpaired) electrons. The van der Waals surface area contributed by atoms with Crippen molar-refractivity contribution in [1.82, 2.24) is 14.4 Å². The number of carbonyl (C=O) groups is 1. The van der Waals surface area contributed by atoms with Crippen LogP contribution in [0.3, 0.4) is 0 Å². The number of nitrogens with two attached hydrogens (primary N) is 1. The monoisotopic (exact) mass is 424 g/mol. The SMILES string of the molecule is CC(C)(C)OC(=O)N1CCN(CC(O)Cn2c3ccccc3c3cc(N)ccc32)CC1. The molecule has 3 aromatic rings. The van der Waals surface area contributed by atoms with Crippen LogP contribution in [-0.4, -0.2) is 70.0 Å². The lowest BCUT2D eigenvalue weighted by atomic mass is 10.1. The van der Waals surface area contributed by atoms with Crippen molar-refractivity contribution in [1.29, 1.82) is 0 Å². The molecule has 4 rings (SSSR count). The van der Waals surface area contributed by atoms with Gasteiger partial charge in [-0.1, -0.05) is 18.2 Å². The predicted octanol–water partition coefficient (Wildman–Crippen LogP) is 3.29. The topological polar surface area (TPSA) is 84.0 Å². The number of rotatable bonds is 4. The molecule has 1 unspecified atom stereocenters. The van der Waals surface area contributed by atoms with Crippen molar-refractivity contribution in [3.63, 3.8) is 0 Å². The van der Waals surface area contributed by atoms with E-state index >= 15 is 0 Å². The van der Waals surface area contributed by atoms with Crippen molar-refractivity contribution in [3.8, 4) is 0 Å². The van der Waals surface area contributed by atoms with Crippen molar-refractivity contribution in [3.05, 3.63) is 42.5 Å². The second-order valence-corrected chi connectivity index (χ2v) is 9.33. The van der Waals surface area contributed by atoms with Crippen LogP contribution >= 0.6 is 0 Å². The zero-order valence-corrected chi connectivity index (χ0v) is 18.5. The summed E-state index contributed by atoms with van der Waals surface area (Å²) in [6.07, 6.45) is -0.790. The van der Waals surface area contributed by atoms with Crippen molar-refractivity contribution < 1.29 is 14.6 Å². The molecule has 2 heterocycles. The van der Waals surface area contributed by atoms with Crippen LogP contribution in [0.4, 0.5) is 10.5 Å². The Morgan fingerprint density at radius 2 is 1.71 bits per heavy atom. The number of aromatic nitrogens is 1. The van der Waals surface area contributed by atoms with Gasteiger partial charge in [-0.05, 0) is 45.0 Å². The summed E-state index contributed by atoms with van der Waals surface area (Å²) in [7, 11) is 0. The van der Waals surface area contributed by atoms with E-state index in [1.165, 1.54) is 0 Å². The first-order chi connectivity index (χ1) is 14.7. The standard InChI is InChI=1S/C24H32N4O3/c1-24(2,3)31-23(30)27-12-10-26(11-13-27)15-18(29)16-28-21-7-5-4-6-19(21)20-14-17(25)8-9-22(20)28/h4-9,14,18,29H,10-13,15-16,25H2,1-3H3. The average Bonchev–Trinajstić information content (AvgIpc) is 3.00. The number of ether oxygens (including phenoxy) is 1. The van der Waals surface area contributed by atoms with Gasteiger partial charge in [0.15, 0.2) is 0 Å². The highest BCUT2D eigenvalue weighted by Crippen LogP contribution is 2.30. The molecule has 0 saturated carbocycles. The van der Waals surface area contributed by atoms with E-state index in [2.05, 4.69) is 21.6 Å². The molecule has 7 nitrogen and oxygen atoms in total. The van der Waals surface area contributed by atoms with Gasteiger partial charge in [0, 0.05) is 60.2 Å². The minimum atomic E-state index is -0.523. The van der Waals surface area contributed by atoms with Gasteiger partial charge < -0.3 is 25.0 Å². The fraction of sp³-hybridized carbons (Fsp3) is 0.458. The number of hydrogen-bond donors (Lipinski definition) is 2. The zero-order valence-electron chi connectivity index (χ0n) is 18.5. The van der Waals surface area contributed by atoms with Gasteiger partial charge in [-0.25, -0.2) is 4.79 Å². The Morgan fingerprint density at radius 3 is 2.42 bits per heavy atom. The number of aliphatic hydroxyl groups excluding tert-OH is 1. The first-order valence-electron chi connectivity index (χ1n) is 10.9. The lowest BCUT2D eigenvalue weighted by Gasteiger charge is -2.36. The molecule has 7 heteroatoms. The van der Waals surface area contributed by atoms with E-state index < -0.39 is 11.7 Å². The number of amides is 1. The van der Waals surface area contributed by atoms with Crippen LogP contribution in [0.5, 0.6) is 0 Å². The summed E-state index contributed by atoms with van der Waals surface area (Å²) in [6.45, 7) is 9.35. The highest BCUT2D eigenvalue weighted by Gasteiger charge is 2.26. The van der Waals surface area contributed by atoms with E-state index in [4.69, 9.17) is 10.5 Å². The molecular formula is C24H32N4O3. The number of hydrogen-bond acceptors (Lipinski definition) is 5. The number of nitrogens with zero attached hydrogens (tertiary/aromatic N) is 3. The summed E-state index contributed by atoms with van der Waals surface area (Å²) in [5.41, 5.74) is 8.43. The summed E-state index contributed by atoms with van der Waals surface area (Å²) in [5.74, 6) is 0. The highest BCUT2D eigenvalue weighted by atomic mass is 16.6. The fourth-order valence-electron chi connectivity index (χ4n) is 4.27. The minimum Gasteiger partial charge on any atom is -0.444 e. The Kier molecular flexibility index (Phi) is 5.81. The maximum Gasteiger partial charge on any atom is 0.410 e. The Morgan fingerprint density at radius 1 is 1.03 bits per heavy atom. The Balaban J connectivity index is 1.41. The van der Waals surface area contributed by atoms with Crippen LogP contribution in [0.1, 0.15) is 20.8 Å². The van der Waals surface area contributed by atoms with Crippen molar-refractivity contribution >= 4 is 33.6 Å². The second-order valence-electron chi connectivity index (χ2n) is 9.33. The summed E-state index contributed by atoms with van der Waals surface area (Å²) in [4.78, 5) is 16.2. The third kappa shape index (κ3) is 4.78. The van der Waals surface area contributed by atoms with Crippen LogP contribution in [0.25, 0.3) is 21.8 Å². The number of aliphatic hydroxyl groups is 1. The summed E-state index contributed by atoms with van der Waals surface area (Å²) in [6, 6.07) is 14.1. The first-order valence-corrected chi connectivity index (χ1v) is 10.9. The van der Waals surface area contributed by atoms with Crippen LogP contribution in [0.15, 0.2) is 42.5 Å². The minimum absolute atomic E-state index is 0.266. The number of piperazine rings is 1. The van der Waals surface area contributed by atoms with Crippen LogP contribution in [0.2, 0.25) is 0 Å². The highest BCUT2D eigenvalue weighted by molar-refractivity contribution is 6.08. The van der Waals surface area contributed by atoms with Gasteiger partial charge in [0.25, 0.3) is 0 Å². The summed E-state index contributed by atoms with van der Waals surface area (Å²) < 4.78 is 7.63. The number of carbonyl (C=O) groups excluding carboxylic acids is 1. The Bertz CT molecular complexity index is 1080. The van der Waals surface area contributed by atoms with Crippen molar-refractivity contribution in [2.24, 2.45) is 0 Å². The maximum absolute atomic E-state index is 12.3. The largest absolute Gasteiger partial charge is 0.444 e. The molecule has 0 spiro atoms. The molecule has 1 amide bonds. The molecule has 2 aromatic carbocycles. The van der Waals surface area contributed by atoms with Gasteiger partial charge in [-0.3, -0.25) is 4.90 Å². The molecule has 1 atom stereocenters. The van der Waals surface area contributed by atoms with Gasteiger partial charge >= 0.3 is 6.09 Å². The molecule has 1 aliphatic heterocycles. The smallest absolute Gasteiger partial charge is 0.410 e. The quantitative estimate of drug-likeness (QED) is 0.628. The molecule has 0 aliphatic carbocycles. The van der Waals surface area contributed by atoms with Gasteiger partial charge in [-0.2, -0.15) is 0 Å². The number of nitrogen functional groups attached to an aromatic ring is 1. The zero-order chi connectivity index (χ0) is 22.2. The summed E-state index contributed by atoms with van der Waals surface area (Å²) in [5, 5.41) is 13.1. The molecule has 1 saturated heterocycles. The lowest BCUT2D eigenvalue weighted by Crippen LogP contribution is -2.51. The van der Waals surface area contributed by atoms with Crippen molar-refractivity contribution in [2.45, 2.75) is 39.0 Å². The molecule has 1 fully saturated rings. The van der Waals surface area contributed by atoms with Crippen LogP contribution in [0, 0.1) is 0 Å². The number of β-amino-alcohol motifs (C(OH)–C–C–N with tert-alkyl or cyclic N) is 1. The Hall–Kier alpha value is -2.77. The number of para-hydroxylation sites is 1. The fourth-order valence-corrected chi connectivity index (χ4v) is 4.27. The van der Waals surface area contributed by atoms with E-state index in [-0.39, 0.29) is 6.09 Å². The molecular weight excluding hydrogens is 392 g/mol. The van der Waals surface area contributed by atoms with Gasteiger partial charge in [0.2, 0.25) is 0 Å². The van der Waals surface area contributed by atoms with Crippen LogP contribution < -0.4 is 5.73 Å². The van der Waals surface area contributed by atoms with E-state index in [0.717, 1.165) is 40.6 Å². The van der Waals surface area contributed by atoms with Gasteiger partial charge in [0.1, 0.15) is 5.60 Å². The van der Waals surface area contributed by atoms with E-state index in [0.29, 0.717) is 26.2 Å². The van der Waals surface area contributed by atoms with Gasteiger partial charge in [-0.15, -0.1) is 0 Å². The number of anilines is 1. The summed E-state index contributed by atoms with van der Waals surface area (Å²) >= 11 is 0. The molecule has 31 heavy (non-hydrogen) atoms. The third-order valence-corrected chi connectivity index (χ3v) is 5.68. The molecule has 1 aromatic heterocycles.